The van der Waals surface area contributed by atoms with Crippen molar-refractivity contribution in [2.24, 2.45) is 0 Å². The molecule has 76 valence electrons. The highest BCUT2D eigenvalue weighted by molar-refractivity contribution is 7.80. The van der Waals surface area contributed by atoms with E-state index in [-0.39, 0.29) is 5.75 Å². The molecule has 0 radical (unpaired) electrons. The second-order valence-electron chi connectivity index (χ2n) is 2.82. The van der Waals surface area contributed by atoms with Gasteiger partial charge < -0.3 is 9.84 Å². The van der Waals surface area contributed by atoms with Crippen LogP contribution in [0.3, 0.4) is 0 Å². The summed E-state index contributed by atoms with van der Waals surface area (Å²) in [6.07, 6.45) is 0.646. The number of carbonyl (C=O) groups excluding carboxylic acids is 1. The summed E-state index contributed by atoms with van der Waals surface area (Å²) in [5.41, 5.74) is -0.0673. The Hall–Kier alpha value is -1.16. The summed E-state index contributed by atoms with van der Waals surface area (Å²) in [5, 5.41) is 9.13. The van der Waals surface area contributed by atoms with Gasteiger partial charge in [0.1, 0.15) is 11.2 Å². The third-order valence-corrected chi connectivity index (χ3v) is 2.14. The molecule has 1 rings (SSSR count). The van der Waals surface area contributed by atoms with Gasteiger partial charge in [-0.05, 0) is 24.6 Å². The highest BCUT2D eigenvalue weighted by atomic mass is 32.1. The van der Waals surface area contributed by atoms with Crippen LogP contribution in [-0.4, -0.2) is 16.5 Å². The fraction of sp³-hybridized carbons (Fsp3) is 0.300. The Bertz CT molecular complexity index is 325. The van der Waals surface area contributed by atoms with E-state index in [1.165, 1.54) is 12.1 Å². The van der Waals surface area contributed by atoms with Gasteiger partial charge in [-0.25, -0.2) is 4.79 Å². The van der Waals surface area contributed by atoms with E-state index in [0.717, 1.165) is 0 Å². The number of rotatable bonds is 3. The van der Waals surface area contributed by atoms with Crippen molar-refractivity contribution in [3.05, 3.63) is 29.8 Å². The standard InChI is InChI=1S/C10H12O3S/c1-2-9(14)13-10(12)7-4-3-5-8(11)6-7/h3-6,9,11,14H,2H2,1H3. The molecule has 1 atom stereocenters. The average Bonchev–Trinajstić information content (AvgIpc) is 2.17. The summed E-state index contributed by atoms with van der Waals surface area (Å²) < 4.78 is 4.95. The number of esters is 1. The number of hydrogen-bond acceptors (Lipinski definition) is 4. The molecule has 0 aliphatic rings. The fourth-order valence-corrected chi connectivity index (χ4v) is 1.00. The SMILES string of the molecule is CCC(S)OC(=O)c1cccc(O)c1. The first-order chi connectivity index (χ1) is 6.63. The van der Waals surface area contributed by atoms with Crippen LogP contribution in [0.15, 0.2) is 24.3 Å². The van der Waals surface area contributed by atoms with E-state index in [2.05, 4.69) is 12.6 Å². The van der Waals surface area contributed by atoms with Gasteiger partial charge in [0.25, 0.3) is 0 Å². The van der Waals surface area contributed by atoms with Crippen molar-refractivity contribution < 1.29 is 14.6 Å². The van der Waals surface area contributed by atoms with E-state index in [1.807, 2.05) is 6.92 Å². The van der Waals surface area contributed by atoms with E-state index in [9.17, 15) is 4.79 Å². The van der Waals surface area contributed by atoms with Gasteiger partial charge in [-0.15, -0.1) is 12.6 Å². The summed E-state index contributed by atoms with van der Waals surface area (Å²) in [5.74, 6) is -0.422. The summed E-state index contributed by atoms with van der Waals surface area (Å²) >= 11 is 4.04. The Balaban J connectivity index is 2.70. The Labute approximate surface area is 88.1 Å². The number of benzene rings is 1. The molecule has 1 aromatic carbocycles. The highest BCUT2D eigenvalue weighted by Crippen LogP contribution is 2.13. The second-order valence-corrected chi connectivity index (χ2v) is 3.39. The number of hydrogen-bond donors (Lipinski definition) is 2. The first kappa shape index (κ1) is 10.9. The summed E-state index contributed by atoms with van der Waals surface area (Å²) in [7, 11) is 0. The van der Waals surface area contributed by atoms with Crippen molar-refractivity contribution in [1.82, 2.24) is 0 Å². The first-order valence-corrected chi connectivity index (χ1v) is 4.83. The van der Waals surface area contributed by atoms with E-state index in [0.29, 0.717) is 12.0 Å². The van der Waals surface area contributed by atoms with Gasteiger partial charge in [-0.1, -0.05) is 13.0 Å². The molecule has 1 aromatic rings. The monoisotopic (exact) mass is 212 g/mol. The number of aromatic hydroxyl groups is 1. The topological polar surface area (TPSA) is 46.5 Å². The van der Waals surface area contributed by atoms with Gasteiger partial charge in [-0.3, -0.25) is 0 Å². The Morgan fingerprint density at radius 3 is 2.93 bits per heavy atom. The van der Waals surface area contributed by atoms with Crippen LogP contribution in [0.1, 0.15) is 23.7 Å². The average molecular weight is 212 g/mol. The van der Waals surface area contributed by atoms with Crippen LogP contribution in [0.4, 0.5) is 0 Å². The van der Waals surface area contributed by atoms with E-state index >= 15 is 0 Å². The molecular formula is C10H12O3S. The molecule has 0 aliphatic carbocycles. The van der Waals surface area contributed by atoms with E-state index in [1.54, 1.807) is 12.1 Å². The van der Waals surface area contributed by atoms with Crippen LogP contribution in [0.2, 0.25) is 0 Å². The first-order valence-electron chi connectivity index (χ1n) is 4.31. The van der Waals surface area contributed by atoms with Crippen LogP contribution >= 0.6 is 12.6 Å². The van der Waals surface area contributed by atoms with Gasteiger partial charge in [-0.2, -0.15) is 0 Å². The molecule has 1 N–H and O–H groups in total. The zero-order valence-electron chi connectivity index (χ0n) is 7.80. The molecule has 1 unspecified atom stereocenters. The quantitative estimate of drug-likeness (QED) is 0.459. The van der Waals surface area contributed by atoms with Crippen molar-refractivity contribution in [2.45, 2.75) is 18.8 Å². The maximum absolute atomic E-state index is 11.4. The molecule has 0 bridgehead atoms. The van der Waals surface area contributed by atoms with Gasteiger partial charge >= 0.3 is 5.97 Å². The third kappa shape index (κ3) is 2.96. The lowest BCUT2D eigenvalue weighted by molar-refractivity contribution is 0.0457. The van der Waals surface area contributed by atoms with Crippen LogP contribution in [0.25, 0.3) is 0 Å². The molecule has 0 fully saturated rings. The number of phenolic OH excluding ortho intramolecular Hbond substituents is 1. The molecule has 0 aliphatic heterocycles. The highest BCUT2D eigenvalue weighted by Gasteiger charge is 2.11. The molecule has 0 spiro atoms. The van der Waals surface area contributed by atoms with Gasteiger partial charge in [0.2, 0.25) is 0 Å². The molecule has 4 heteroatoms. The Morgan fingerprint density at radius 1 is 1.64 bits per heavy atom. The summed E-state index contributed by atoms with van der Waals surface area (Å²) in [6.45, 7) is 1.87. The molecule has 0 amide bonds. The van der Waals surface area contributed by atoms with Crippen molar-refractivity contribution in [3.8, 4) is 5.75 Å². The molecule has 3 nitrogen and oxygen atoms in total. The second kappa shape index (κ2) is 4.91. The normalized spacial score (nSPS) is 12.1. The minimum atomic E-state index is -0.470. The Kier molecular flexibility index (Phi) is 3.83. The fourth-order valence-electron chi connectivity index (χ4n) is 0.908. The molecule has 0 aromatic heterocycles. The van der Waals surface area contributed by atoms with Crippen LogP contribution in [0.5, 0.6) is 5.75 Å². The lowest BCUT2D eigenvalue weighted by atomic mass is 10.2. The van der Waals surface area contributed by atoms with E-state index < -0.39 is 11.4 Å². The van der Waals surface area contributed by atoms with Crippen molar-refractivity contribution in [2.75, 3.05) is 0 Å². The maximum atomic E-state index is 11.4. The van der Waals surface area contributed by atoms with E-state index in [4.69, 9.17) is 9.84 Å². The van der Waals surface area contributed by atoms with Gasteiger partial charge in [0, 0.05) is 0 Å². The number of thiol groups is 1. The van der Waals surface area contributed by atoms with Crippen LogP contribution in [-0.2, 0) is 4.74 Å². The third-order valence-electron chi connectivity index (χ3n) is 1.67. The van der Waals surface area contributed by atoms with Crippen molar-refractivity contribution in [1.29, 1.82) is 0 Å². The van der Waals surface area contributed by atoms with Gasteiger partial charge in [0.15, 0.2) is 0 Å². The number of ether oxygens (including phenoxy) is 1. The minimum absolute atomic E-state index is 0.0478. The van der Waals surface area contributed by atoms with Crippen molar-refractivity contribution in [3.63, 3.8) is 0 Å². The lowest BCUT2D eigenvalue weighted by Crippen LogP contribution is -2.11. The van der Waals surface area contributed by atoms with Crippen LogP contribution < -0.4 is 0 Å². The summed E-state index contributed by atoms with van der Waals surface area (Å²) in [4.78, 5) is 11.4. The molecule has 0 saturated carbocycles. The molecule has 0 saturated heterocycles. The summed E-state index contributed by atoms with van der Waals surface area (Å²) in [6, 6.07) is 6.02. The largest absolute Gasteiger partial charge is 0.508 e. The molecule has 0 heterocycles. The minimum Gasteiger partial charge on any atom is -0.508 e. The maximum Gasteiger partial charge on any atom is 0.339 e. The van der Waals surface area contributed by atoms with Crippen LogP contribution in [0, 0.1) is 0 Å². The Morgan fingerprint density at radius 2 is 2.36 bits per heavy atom. The lowest BCUT2D eigenvalue weighted by Gasteiger charge is -2.09. The zero-order valence-corrected chi connectivity index (χ0v) is 8.70. The smallest absolute Gasteiger partial charge is 0.339 e. The van der Waals surface area contributed by atoms with Crippen molar-refractivity contribution >= 4 is 18.6 Å². The zero-order chi connectivity index (χ0) is 10.6. The van der Waals surface area contributed by atoms with Gasteiger partial charge in [0.05, 0.1) is 5.56 Å². The molecular weight excluding hydrogens is 200 g/mol. The predicted octanol–water partition coefficient (Wildman–Crippen LogP) is 2.21. The predicted molar refractivity (Wildman–Crippen MR) is 56.6 cm³/mol. The number of phenols is 1. The molecule has 14 heavy (non-hydrogen) atoms. The number of carbonyl (C=O) groups is 1.